The van der Waals surface area contributed by atoms with Crippen molar-refractivity contribution in [2.45, 2.75) is 12.8 Å². The van der Waals surface area contributed by atoms with E-state index in [1.165, 1.54) is 5.56 Å². The molecule has 1 amide bonds. The zero-order valence-electron chi connectivity index (χ0n) is 14.5. The van der Waals surface area contributed by atoms with Crippen LogP contribution < -0.4 is 0 Å². The Morgan fingerprint density at radius 2 is 1.93 bits per heavy atom. The fourth-order valence-corrected chi connectivity index (χ4v) is 4.52. The monoisotopic (exact) mass is 495 g/mol. The molecule has 1 heterocycles. The number of hydrogen-bond acceptors (Lipinski definition) is 4. The van der Waals surface area contributed by atoms with Crippen molar-refractivity contribution < 1.29 is 14.7 Å². The lowest BCUT2D eigenvalue weighted by molar-refractivity contribution is -0.140. The second kappa shape index (κ2) is 9.22. The number of carboxylic acids is 1. The summed E-state index contributed by atoms with van der Waals surface area (Å²) in [6.07, 6.45) is 3.40. The highest BCUT2D eigenvalue weighted by Crippen LogP contribution is 2.33. The zero-order valence-corrected chi connectivity index (χ0v) is 18.5. The summed E-state index contributed by atoms with van der Waals surface area (Å²) in [7, 11) is 0. The topological polar surface area (TPSA) is 57.6 Å². The number of carboxylic acid groups (broad SMARTS) is 1. The number of amides is 1. The minimum atomic E-state index is -1.09. The van der Waals surface area contributed by atoms with Gasteiger partial charge in [-0.2, -0.15) is 0 Å². The second-order valence-corrected chi connectivity index (χ2v) is 9.16. The van der Waals surface area contributed by atoms with Gasteiger partial charge in [0.1, 0.15) is 10.9 Å². The van der Waals surface area contributed by atoms with Crippen LogP contribution in [0.1, 0.15) is 16.7 Å². The Balaban J connectivity index is 1.83. The molecule has 144 valence electrons. The van der Waals surface area contributed by atoms with Gasteiger partial charge in [0.2, 0.25) is 0 Å². The van der Waals surface area contributed by atoms with Gasteiger partial charge in [0, 0.05) is 9.50 Å². The molecule has 0 unspecified atom stereocenters. The molecule has 8 heteroatoms. The first-order chi connectivity index (χ1) is 13.3. The SMILES string of the molecule is O=C(O)CN1C(=O)/C(=C/c2cc(Br)ccc2CCc2ccc(Cl)cc2)SC1=S. The number of carbonyl (C=O) groups is 2. The number of hydrogen-bond donors (Lipinski definition) is 1. The van der Waals surface area contributed by atoms with E-state index in [4.69, 9.17) is 28.9 Å². The molecule has 1 saturated heterocycles. The summed E-state index contributed by atoms with van der Waals surface area (Å²) < 4.78 is 1.16. The van der Waals surface area contributed by atoms with Crippen molar-refractivity contribution >= 4 is 73.8 Å². The van der Waals surface area contributed by atoms with Crippen LogP contribution in [0.2, 0.25) is 5.02 Å². The molecule has 0 spiro atoms. The first-order valence-corrected chi connectivity index (χ1v) is 10.7. The normalized spacial score (nSPS) is 15.5. The number of thioether (sulfide) groups is 1. The predicted octanol–water partition coefficient (Wildman–Crippen LogP) is 5.17. The largest absolute Gasteiger partial charge is 0.480 e. The van der Waals surface area contributed by atoms with Crippen molar-refractivity contribution in [2.24, 2.45) is 0 Å². The van der Waals surface area contributed by atoms with E-state index in [0.717, 1.165) is 45.1 Å². The number of carbonyl (C=O) groups excluding carboxylic acids is 1. The van der Waals surface area contributed by atoms with Crippen LogP contribution in [0.25, 0.3) is 6.08 Å². The molecule has 3 rings (SSSR count). The minimum absolute atomic E-state index is 0.261. The molecule has 0 aromatic heterocycles. The lowest BCUT2D eigenvalue weighted by atomic mass is 9.99. The number of halogens is 2. The molecular weight excluding hydrogens is 482 g/mol. The van der Waals surface area contributed by atoms with E-state index < -0.39 is 12.5 Å². The molecular formula is C20H15BrClNO3S2. The van der Waals surface area contributed by atoms with Gasteiger partial charge in [0.05, 0.1) is 4.91 Å². The van der Waals surface area contributed by atoms with Gasteiger partial charge < -0.3 is 5.11 Å². The molecule has 1 aliphatic rings. The Hall–Kier alpha value is -1.67. The maximum Gasteiger partial charge on any atom is 0.323 e. The number of aryl methyl sites for hydroxylation is 2. The molecule has 28 heavy (non-hydrogen) atoms. The van der Waals surface area contributed by atoms with Gasteiger partial charge in [0.25, 0.3) is 5.91 Å². The van der Waals surface area contributed by atoms with Crippen molar-refractivity contribution in [3.8, 4) is 0 Å². The molecule has 4 nitrogen and oxygen atoms in total. The molecule has 0 atom stereocenters. The molecule has 1 N–H and O–H groups in total. The van der Waals surface area contributed by atoms with Crippen molar-refractivity contribution in [1.29, 1.82) is 0 Å². The van der Waals surface area contributed by atoms with Crippen LogP contribution in [0.3, 0.4) is 0 Å². The Kier molecular flexibility index (Phi) is 6.93. The summed E-state index contributed by atoms with van der Waals surface area (Å²) in [6, 6.07) is 13.7. The molecule has 2 aromatic rings. The van der Waals surface area contributed by atoms with Gasteiger partial charge in [-0.05, 0) is 59.9 Å². The van der Waals surface area contributed by atoms with E-state index in [-0.39, 0.29) is 10.2 Å². The Bertz CT molecular complexity index is 976. The first kappa shape index (κ1) is 21.0. The second-order valence-electron chi connectivity index (χ2n) is 6.13. The van der Waals surface area contributed by atoms with E-state index in [9.17, 15) is 9.59 Å². The third-order valence-electron chi connectivity index (χ3n) is 4.16. The summed E-state index contributed by atoms with van der Waals surface area (Å²) in [6.45, 7) is -0.427. The van der Waals surface area contributed by atoms with E-state index in [1.807, 2.05) is 42.5 Å². The standard InChI is InChI=1S/C20H15BrClNO3S2/c21-15-6-5-13(4-1-12-2-7-16(22)8-3-12)14(9-15)10-17-19(26)23(11-18(24)25)20(27)28-17/h2-3,5-10H,1,4,11H2,(H,24,25)/b17-10-. The quantitative estimate of drug-likeness (QED) is 0.441. The van der Waals surface area contributed by atoms with Gasteiger partial charge >= 0.3 is 5.97 Å². The van der Waals surface area contributed by atoms with Crippen LogP contribution in [0.5, 0.6) is 0 Å². The van der Waals surface area contributed by atoms with Gasteiger partial charge in [-0.1, -0.05) is 69.7 Å². The van der Waals surface area contributed by atoms with Crippen LogP contribution in [0.4, 0.5) is 0 Å². The third-order valence-corrected chi connectivity index (χ3v) is 6.28. The van der Waals surface area contributed by atoms with Gasteiger partial charge in [-0.3, -0.25) is 14.5 Å². The number of thiocarbonyl (C=S) groups is 1. The highest BCUT2D eigenvalue weighted by Gasteiger charge is 2.33. The summed E-state index contributed by atoms with van der Waals surface area (Å²) in [5.41, 5.74) is 3.16. The van der Waals surface area contributed by atoms with Crippen molar-refractivity contribution in [1.82, 2.24) is 4.90 Å². The van der Waals surface area contributed by atoms with E-state index in [1.54, 1.807) is 6.08 Å². The molecule has 0 bridgehead atoms. The first-order valence-electron chi connectivity index (χ1n) is 8.33. The average molecular weight is 497 g/mol. The predicted molar refractivity (Wildman–Crippen MR) is 121 cm³/mol. The number of benzene rings is 2. The molecule has 0 aliphatic carbocycles. The van der Waals surface area contributed by atoms with E-state index >= 15 is 0 Å². The van der Waals surface area contributed by atoms with Crippen LogP contribution in [-0.4, -0.2) is 32.7 Å². The Morgan fingerprint density at radius 1 is 1.21 bits per heavy atom. The zero-order chi connectivity index (χ0) is 20.3. The maximum atomic E-state index is 12.5. The van der Waals surface area contributed by atoms with Gasteiger partial charge in [0.15, 0.2) is 0 Å². The van der Waals surface area contributed by atoms with Crippen LogP contribution in [0, 0.1) is 0 Å². The summed E-state index contributed by atoms with van der Waals surface area (Å²) in [5, 5.41) is 9.67. The van der Waals surface area contributed by atoms with Crippen molar-refractivity contribution in [3.63, 3.8) is 0 Å². The smallest absolute Gasteiger partial charge is 0.323 e. The van der Waals surface area contributed by atoms with E-state index in [0.29, 0.717) is 9.93 Å². The lowest BCUT2D eigenvalue weighted by Crippen LogP contribution is -2.33. The molecule has 1 fully saturated rings. The van der Waals surface area contributed by atoms with Crippen molar-refractivity contribution in [3.05, 3.63) is 73.6 Å². The maximum absolute atomic E-state index is 12.5. The van der Waals surface area contributed by atoms with E-state index in [2.05, 4.69) is 15.9 Å². The minimum Gasteiger partial charge on any atom is -0.480 e. The highest BCUT2D eigenvalue weighted by atomic mass is 79.9. The molecule has 0 saturated carbocycles. The Labute approximate surface area is 185 Å². The molecule has 1 aliphatic heterocycles. The molecule has 0 radical (unpaired) electrons. The molecule has 2 aromatic carbocycles. The lowest BCUT2D eigenvalue weighted by Gasteiger charge is -2.10. The van der Waals surface area contributed by atoms with Crippen LogP contribution in [0.15, 0.2) is 51.8 Å². The third kappa shape index (κ3) is 5.23. The average Bonchev–Trinajstić information content (AvgIpc) is 2.89. The number of nitrogens with zero attached hydrogens (tertiary/aromatic N) is 1. The van der Waals surface area contributed by atoms with Gasteiger partial charge in [-0.15, -0.1) is 0 Å². The summed E-state index contributed by atoms with van der Waals surface area (Å²) in [4.78, 5) is 25.0. The number of rotatable bonds is 6. The Morgan fingerprint density at radius 3 is 2.61 bits per heavy atom. The van der Waals surface area contributed by atoms with Gasteiger partial charge in [-0.25, -0.2) is 0 Å². The fraction of sp³-hybridized carbons (Fsp3) is 0.150. The fourth-order valence-electron chi connectivity index (χ4n) is 2.77. The summed E-state index contributed by atoms with van der Waals surface area (Å²) >= 11 is 15.7. The number of aliphatic carboxylic acids is 1. The van der Waals surface area contributed by atoms with Crippen LogP contribution >= 0.6 is 51.5 Å². The van der Waals surface area contributed by atoms with Crippen LogP contribution in [-0.2, 0) is 22.4 Å². The highest BCUT2D eigenvalue weighted by molar-refractivity contribution is 9.10. The van der Waals surface area contributed by atoms with Crippen molar-refractivity contribution in [2.75, 3.05) is 6.54 Å². The summed E-state index contributed by atoms with van der Waals surface area (Å²) in [5.74, 6) is -1.47.